The van der Waals surface area contributed by atoms with Gasteiger partial charge in [0.2, 0.25) is 0 Å². The third-order valence-electron chi connectivity index (χ3n) is 7.16. The van der Waals surface area contributed by atoms with Crippen molar-refractivity contribution in [3.8, 4) is 0 Å². The van der Waals surface area contributed by atoms with Gasteiger partial charge in [-0.2, -0.15) is 0 Å². The predicted molar refractivity (Wildman–Crippen MR) is 134 cm³/mol. The molecule has 0 spiro atoms. The molecule has 8 nitrogen and oxygen atoms in total. The topological polar surface area (TPSA) is 102 Å². The number of nitrogens with one attached hydrogen (secondary N) is 2. The van der Waals surface area contributed by atoms with Gasteiger partial charge in [-0.3, -0.25) is 9.59 Å². The summed E-state index contributed by atoms with van der Waals surface area (Å²) in [5.41, 5.74) is 3.41. The Morgan fingerprint density at radius 1 is 1.32 bits per heavy atom. The van der Waals surface area contributed by atoms with Gasteiger partial charge in [0, 0.05) is 47.7 Å². The van der Waals surface area contributed by atoms with Gasteiger partial charge in [-0.1, -0.05) is 0 Å². The maximum atomic E-state index is 13.4. The fraction of sp³-hybridized carbons (Fsp3) is 0.520. The highest BCUT2D eigenvalue weighted by atomic mass is 32.2. The van der Waals surface area contributed by atoms with Crippen molar-refractivity contribution in [1.29, 1.82) is 0 Å². The first-order valence-corrected chi connectivity index (χ1v) is 13.0. The number of carbonyl (C=O) groups excluding carboxylic acids is 1. The number of aromatic nitrogens is 4. The van der Waals surface area contributed by atoms with E-state index in [9.17, 15) is 9.59 Å². The van der Waals surface area contributed by atoms with Crippen molar-refractivity contribution in [3.63, 3.8) is 0 Å². The number of hydrogen-bond acceptors (Lipinski definition) is 6. The molecular weight excluding hydrogens is 450 g/mol. The number of amides is 1. The van der Waals surface area contributed by atoms with Crippen LogP contribution in [0.5, 0.6) is 0 Å². The summed E-state index contributed by atoms with van der Waals surface area (Å²) >= 11 is 1.50. The summed E-state index contributed by atoms with van der Waals surface area (Å²) in [6.07, 6.45) is 9.77. The van der Waals surface area contributed by atoms with Crippen LogP contribution in [0, 0.1) is 19.8 Å². The number of aromatic amines is 1. The van der Waals surface area contributed by atoms with Crippen molar-refractivity contribution in [2.24, 2.45) is 5.92 Å². The minimum atomic E-state index is -0.224. The van der Waals surface area contributed by atoms with Gasteiger partial charge in [0.05, 0.1) is 17.1 Å². The maximum absolute atomic E-state index is 13.4. The molecule has 0 aromatic carbocycles. The summed E-state index contributed by atoms with van der Waals surface area (Å²) in [5.74, 6) is 0.264. The molecule has 0 radical (unpaired) electrons. The molecule has 0 aliphatic heterocycles. The van der Waals surface area contributed by atoms with Crippen LogP contribution in [0.2, 0.25) is 0 Å². The van der Waals surface area contributed by atoms with Crippen molar-refractivity contribution in [1.82, 2.24) is 24.8 Å². The molecular formula is C25H33N5O3S. The predicted octanol–water partition coefficient (Wildman–Crippen LogP) is 4.15. The quantitative estimate of drug-likeness (QED) is 0.490. The summed E-state index contributed by atoms with van der Waals surface area (Å²) in [6, 6.07) is 2.12. The fourth-order valence-electron chi connectivity index (χ4n) is 5.26. The van der Waals surface area contributed by atoms with Crippen molar-refractivity contribution >= 4 is 28.7 Å². The Morgan fingerprint density at radius 2 is 2.06 bits per heavy atom. The second-order valence-corrected chi connectivity index (χ2v) is 9.96. The molecule has 1 amide bonds. The van der Waals surface area contributed by atoms with Gasteiger partial charge in [-0.05, 0) is 64.7 Å². The van der Waals surface area contributed by atoms with Crippen molar-refractivity contribution in [3.05, 3.63) is 51.5 Å². The van der Waals surface area contributed by atoms with E-state index < -0.39 is 0 Å². The summed E-state index contributed by atoms with van der Waals surface area (Å²) in [4.78, 5) is 38.4. The zero-order valence-corrected chi connectivity index (χ0v) is 21.3. The summed E-state index contributed by atoms with van der Waals surface area (Å²) < 4.78 is 7.73. The van der Waals surface area contributed by atoms with E-state index in [1.807, 2.05) is 26.2 Å². The Balaban J connectivity index is 1.63. The highest BCUT2D eigenvalue weighted by molar-refractivity contribution is 7.98. The van der Waals surface area contributed by atoms with Crippen LogP contribution in [0.1, 0.15) is 66.0 Å². The highest BCUT2D eigenvalue weighted by Crippen LogP contribution is 2.37. The minimum absolute atomic E-state index is 0.154. The number of hydrogen-bond donors (Lipinski definition) is 2. The van der Waals surface area contributed by atoms with Crippen LogP contribution in [0.4, 0.5) is 0 Å². The first kappa shape index (κ1) is 24.5. The number of aryl methyl sites for hydroxylation is 1. The number of rotatable bonds is 7. The first-order valence-electron chi connectivity index (χ1n) is 11.7. The number of fused-ring (bicyclic) bond motifs is 1. The lowest BCUT2D eigenvalue weighted by atomic mass is 9.83. The van der Waals surface area contributed by atoms with Gasteiger partial charge < -0.3 is 19.6 Å². The van der Waals surface area contributed by atoms with E-state index >= 15 is 0 Å². The van der Waals surface area contributed by atoms with Gasteiger partial charge in [-0.25, -0.2) is 9.97 Å². The number of methoxy groups -OCH3 is 1. The SMILES string of the molecule is COC1CCC([C@@H](C)n2c(C)c(C(=O)NCc3c(SC)cc(C)[nH]c3=O)c3cncnc32)CC1. The monoisotopic (exact) mass is 483 g/mol. The van der Waals surface area contributed by atoms with Crippen molar-refractivity contribution in [2.75, 3.05) is 13.4 Å². The van der Waals surface area contributed by atoms with Crippen molar-refractivity contribution in [2.45, 2.75) is 70.0 Å². The van der Waals surface area contributed by atoms with E-state index in [0.29, 0.717) is 23.1 Å². The molecule has 9 heteroatoms. The second-order valence-electron chi connectivity index (χ2n) is 9.11. The Kier molecular flexibility index (Phi) is 7.42. The average molecular weight is 484 g/mol. The Labute approximate surface area is 203 Å². The zero-order valence-electron chi connectivity index (χ0n) is 20.5. The first-order chi connectivity index (χ1) is 16.3. The molecule has 0 bridgehead atoms. The number of carbonyl (C=O) groups is 1. The second kappa shape index (κ2) is 10.3. The van der Waals surface area contributed by atoms with Gasteiger partial charge in [0.1, 0.15) is 12.0 Å². The average Bonchev–Trinajstić information content (AvgIpc) is 3.14. The Morgan fingerprint density at radius 3 is 2.74 bits per heavy atom. The molecule has 1 fully saturated rings. The van der Waals surface area contributed by atoms with Gasteiger partial charge in [0.25, 0.3) is 11.5 Å². The maximum Gasteiger partial charge on any atom is 0.254 e. The van der Waals surface area contributed by atoms with Crippen LogP contribution in [0.15, 0.2) is 28.3 Å². The summed E-state index contributed by atoms with van der Waals surface area (Å²) in [5, 5.41) is 3.70. The molecule has 1 saturated carbocycles. The number of pyridine rings is 1. The molecule has 4 rings (SSSR count). The van der Waals surface area contributed by atoms with Crippen LogP contribution >= 0.6 is 11.8 Å². The highest BCUT2D eigenvalue weighted by Gasteiger charge is 2.30. The number of nitrogens with zero attached hydrogens (tertiary/aromatic N) is 3. The molecule has 3 heterocycles. The standard InChI is InChI=1S/C25H33N5O3S/c1-14-10-21(34-5)19(24(31)29-14)12-27-25(32)22-16(3)30(23-20(22)11-26-13-28-23)15(2)17-6-8-18(33-4)9-7-17/h10-11,13,15,17-18H,6-9,12H2,1-5H3,(H,27,32)(H,29,31)/t15-,17?,18?/m1/s1. The normalized spacial score (nSPS) is 19.3. The zero-order chi connectivity index (χ0) is 24.4. The lowest BCUT2D eigenvalue weighted by Gasteiger charge is -2.33. The third kappa shape index (κ3) is 4.63. The lowest BCUT2D eigenvalue weighted by Crippen LogP contribution is -2.29. The van der Waals surface area contributed by atoms with E-state index in [2.05, 4.69) is 31.8 Å². The van der Waals surface area contributed by atoms with Crippen LogP contribution in [-0.2, 0) is 11.3 Å². The van der Waals surface area contributed by atoms with E-state index in [4.69, 9.17) is 4.74 Å². The molecule has 1 aliphatic rings. The van der Waals surface area contributed by atoms with Crippen LogP contribution in [0.3, 0.4) is 0 Å². The van der Waals surface area contributed by atoms with E-state index in [1.165, 1.54) is 18.1 Å². The summed E-state index contributed by atoms with van der Waals surface area (Å²) in [6.45, 7) is 6.19. The van der Waals surface area contributed by atoms with E-state index in [-0.39, 0.29) is 24.1 Å². The molecule has 2 N–H and O–H groups in total. The molecule has 0 saturated heterocycles. The summed E-state index contributed by atoms with van der Waals surface area (Å²) in [7, 11) is 1.78. The third-order valence-corrected chi connectivity index (χ3v) is 7.96. The molecule has 182 valence electrons. The number of thioether (sulfide) groups is 1. The number of H-pyrrole nitrogens is 1. The van der Waals surface area contributed by atoms with Gasteiger partial charge in [-0.15, -0.1) is 11.8 Å². The van der Waals surface area contributed by atoms with Gasteiger partial charge >= 0.3 is 0 Å². The fourth-order valence-corrected chi connectivity index (χ4v) is 5.97. The lowest BCUT2D eigenvalue weighted by molar-refractivity contribution is 0.0491. The largest absolute Gasteiger partial charge is 0.381 e. The Hall–Kier alpha value is -2.65. The molecule has 0 unspecified atom stereocenters. The molecule has 34 heavy (non-hydrogen) atoms. The Bertz CT molecular complexity index is 1240. The number of ether oxygens (including phenoxy) is 1. The van der Waals surface area contributed by atoms with Gasteiger partial charge in [0.15, 0.2) is 0 Å². The van der Waals surface area contributed by atoms with E-state index in [1.54, 1.807) is 13.3 Å². The van der Waals surface area contributed by atoms with Crippen LogP contribution in [-0.4, -0.2) is 44.9 Å². The minimum Gasteiger partial charge on any atom is -0.381 e. The molecule has 1 aliphatic carbocycles. The van der Waals surface area contributed by atoms with E-state index in [0.717, 1.165) is 53.0 Å². The molecule has 3 aromatic rings. The molecule has 1 atom stereocenters. The van der Waals surface area contributed by atoms with Crippen LogP contribution in [0.25, 0.3) is 11.0 Å². The van der Waals surface area contributed by atoms with Crippen LogP contribution < -0.4 is 10.9 Å². The van der Waals surface area contributed by atoms with Crippen molar-refractivity contribution < 1.29 is 9.53 Å². The molecule has 3 aromatic heterocycles. The smallest absolute Gasteiger partial charge is 0.254 e.